The zero-order valence-electron chi connectivity index (χ0n) is 11.7. The van der Waals surface area contributed by atoms with E-state index in [2.05, 4.69) is 10.2 Å². The van der Waals surface area contributed by atoms with Gasteiger partial charge < -0.3 is 15.3 Å². The van der Waals surface area contributed by atoms with E-state index < -0.39 is 0 Å². The molecule has 1 aliphatic carbocycles. The van der Waals surface area contributed by atoms with Crippen molar-refractivity contribution in [3.63, 3.8) is 0 Å². The molecule has 0 aromatic rings. The van der Waals surface area contributed by atoms with Crippen LogP contribution >= 0.6 is 0 Å². The van der Waals surface area contributed by atoms with Gasteiger partial charge in [0.2, 0.25) is 0 Å². The zero-order valence-corrected chi connectivity index (χ0v) is 11.7. The Hall–Kier alpha value is -0.120. The van der Waals surface area contributed by atoms with Crippen molar-refractivity contribution in [2.45, 2.75) is 57.5 Å². The molecular formula is C15H30N2O. The lowest BCUT2D eigenvalue weighted by molar-refractivity contribution is 0.123. The van der Waals surface area contributed by atoms with E-state index >= 15 is 0 Å². The van der Waals surface area contributed by atoms with Crippen LogP contribution in [0.1, 0.15) is 51.4 Å². The molecule has 1 aliphatic heterocycles. The van der Waals surface area contributed by atoms with Crippen molar-refractivity contribution in [3.05, 3.63) is 0 Å². The van der Waals surface area contributed by atoms with Crippen LogP contribution in [-0.2, 0) is 0 Å². The average molecular weight is 254 g/mol. The van der Waals surface area contributed by atoms with Gasteiger partial charge in [0.15, 0.2) is 0 Å². The summed E-state index contributed by atoms with van der Waals surface area (Å²) in [6.45, 7) is 5.06. The fourth-order valence-corrected chi connectivity index (χ4v) is 3.41. The molecule has 2 rings (SSSR count). The summed E-state index contributed by atoms with van der Waals surface area (Å²) in [5.74, 6) is 1.00. The predicted octanol–water partition coefficient (Wildman–Crippen LogP) is 2.00. The number of hydrogen-bond acceptors (Lipinski definition) is 3. The number of nitrogens with zero attached hydrogens (tertiary/aromatic N) is 1. The second-order valence-electron chi connectivity index (χ2n) is 6.16. The minimum Gasteiger partial charge on any atom is -0.390 e. The summed E-state index contributed by atoms with van der Waals surface area (Å²) in [7, 11) is 0. The molecule has 18 heavy (non-hydrogen) atoms. The Kier molecular flexibility index (Phi) is 6.46. The lowest BCUT2D eigenvalue weighted by atomic mass is 10.0. The summed E-state index contributed by atoms with van der Waals surface area (Å²) < 4.78 is 0. The van der Waals surface area contributed by atoms with Crippen LogP contribution in [0.15, 0.2) is 0 Å². The first-order valence-electron chi connectivity index (χ1n) is 7.96. The van der Waals surface area contributed by atoms with Crippen molar-refractivity contribution in [2.24, 2.45) is 5.92 Å². The van der Waals surface area contributed by atoms with E-state index in [1.807, 2.05) is 0 Å². The molecule has 1 unspecified atom stereocenters. The van der Waals surface area contributed by atoms with Crippen LogP contribution in [0.2, 0.25) is 0 Å². The number of nitrogens with one attached hydrogen (secondary N) is 1. The Bertz CT molecular complexity index is 211. The first kappa shape index (κ1) is 14.3. The number of hydrogen-bond donors (Lipinski definition) is 2. The predicted molar refractivity (Wildman–Crippen MR) is 75.7 cm³/mol. The van der Waals surface area contributed by atoms with Gasteiger partial charge in [-0.15, -0.1) is 0 Å². The minimum absolute atomic E-state index is 0.186. The second kappa shape index (κ2) is 8.13. The molecule has 0 spiro atoms. The number of aliphatic hydroxyl groups excluding tert-OH is 1. The summed E-state index contributed by atoms with van der Waals surface area (Å²) in [5, 5.41) is 13.3. The van der Waals surface area contributed by atoms with Crippen LogP contribution in [0, 0.1) is 5.92 Å². The lowest BCUT2D eigenvalue weighted by Gasteiger charge is -2.19. The highest BCUT2D eigenvalue weighted by molar-refractivity contribution is 4.72. The molecule has 106 valence electrons. The summed E-state index contributed by atoms with van der Waals surface area (Å²) in [4.78, 5) is 2.38. The Balaban J connectivity index is 1.42. The largest absolute Gasteiger partial charge is 0.390 e. The highest BCUT2D eigenvalue weighted by Crippen LogP contribution is 2.28. The van der Waals surface area contributed by atoms with Crippen molar-refractivity contribution in [1.82, 2.24) is 10.2 Å². The third-order valence-corrected chi connectivity index (χ3v) is 4.49. The summed E-state index contributed by atoms with van der Waals surface area (Å²) in [6.07, 6.45) is 10.9. The van der Waals surface area contributed by atoms with Gasteiger partial charge in [-0.3, -0.25) is 0 Å². The summed E-state index contributed by atoms with van der Waals surface area (Å²) in [6, 6.07) is 0. The highest BCUT2D eigenvalue weighted by atomic mass is 16.3. The minimum atomic E-state index is -0.186. The molecular weight excluding hydrogens is 224 g/mol. The Morgan fingerprint density at radius 2 is 1.83 bits per heavy atom. The molecule has 2 fully saturated rings. The fourth-order valence-electron chi connectivity index (χ4n) is 3.41. The van der Waals surface area contributed by atoms with E-state index in [0.717, 1.165) is 25.6 Å². The Morgan fingerprint density at radius 1 is 1.11 bits per heavy atom. The van der Waals surface area contributed by atoms with E-state index in [-0.39, 0.29) is 6.10 Å². The van der Waals surface area contributed by atoms with E-state index in [9.17, 15) is 5.11 Å². The third kappa shape index (κ3) is 5.25. The smallest absolute Gasteiger partial charge is 0.0791 e. The van der Waals surface area contributed by atoms with Gasteiger partial charge in [-0.05, 0) is 51.2 Å². The Morgan fingerprint density at radius 3 is 2.56 bits per heavy atom. The van der Waals surface area contributed by atoms with Crippen molar-refractivity contribution in [1.29, 1.82) is 0 Å². The van der Waals surface area contributed by atoms with Crippen LogP contribution in [0.4, 0.5) is 0 Å². The SMILES string of the molecule is OC(CNCCCC1CCCC1)CN1CCCC1. The van der Waals surface area contributed by atoms with Gasteiger partial charge in [0.25, 0.3) is 0 Å². The van der Waals surface area contributed by atoms with Crippen molar-refractivity contribution >= 4 is 0 Å². The molecule has 0 aromatic heterocycles. The highest BCUT2D eigenvalue weighted by Gasteiger charge is 2.16. The molecule has 0 radical (unpaired) electrons. The van der Waals surface area contributed by atoms with Gasteiger partial charge in [0.1, 0.15) is 0 Å². The third-order valence-electron chi connectivity index (χ3n) is 4.49. The number of likely N-dealkylation sites (tertiary alicyclic amines) is 1. The van der Waals surface area contributed by atoms with Crippen LogP contribution in [0.3, 0.4) is 0 Å². The fraction of sp³-hybridized carbons (Fsp3) is 1.00. The maximum Gasteiger partial charge on any atom is 0.0791 e. The molecule has 0 aromatic carbocycles. The molecule has 0 bridgehead atoms. The molecule has 3 heteroatoms. The maximum absolute atomic E-state index is 9.92. The summed E-state index contributed by atoms with van der Waals surface area (Å²) >= 11 is 0. The lowest BCUT2D eigenvalue weighted by Crippen LogP contribution is -2.37. The van der Waals surface area contributed by atoms with Crippen LogP contribution in [0.25, 0.3) is 0 Å². The number of aliphatic hydroxyl groups is 1. The number of rotatable bonds is 8. The summed E-state index contributed by atoms with van der Waals surface area (Å²) in [5.41, 5.74) is 0. The number of β-amino-alcohol motifs (C(OH)–C–C–N with tert-alkyl or cyclic N) is 1. The Labute approximate surface area is 112 Å². The molecule has 2 N–H and O–H groups in total. The maximum atomic E-state index is 9.92. The van der Waals surface area contributed by atoms with Crippen molar-refractivity contribution in [3.8, 4) is 0 Å². The van der Waals surface area contributed by atoms with E-state index in [1.54, 1.807) is 0 Å². The normalized spacial score (nSPS) is 23.8. The van der Waals surface area contributed by atoms with Crippen LogP contribution < -0.4 is 5.32 Å². The average Bonchev–Trinajstić information content (AvgIpc) is 3.01. The van der Waals surface area contributed by atoms with Gasteiger partial charge in [-0.2, -0.15) is 0 Å². The first-order valence-corrected chi connectivity index (χ1v) is 7.96. The van der Waals surface area contributed by atoms with Crippen molar-refractivity contribution < 1.29 is 5.11 Å². The van der Waals surface area contributed by atoms with Gasteiger partial charge >= 0.3 is 0 Å². The molecule has 0 amide bonds. The van der Waals surface area contributed by atoms with E-state index in [0.29, 0.717) is 0 Å². The zero-order chi connectivity index (χ0) is 12.6. The quantitative estimate of drug-likeness (QED) is 0.650. The molecule has 2 aliphatic rings. The standard InChI is InChI=1S/C15H30N2O/c18-15(13-17-10-3-4-11-17)12-16-9-5-8-14-6-1-2-7-14/h14-16,18H,1-13H2. The van der Waals surface area contributed by atoms with Crippen LogP contribution in [0.5, 0.6) is 0 Å². The molecule has 1 heterocycles. The molecule has 1 saturated carbocycles. The van der Waals surface area contributed by atoms with Gasteiger partial charge in [-0.25, -0.2) is 0 Å². The van der Waals surface area contributed by atoms with Gasteiger partial charge in [0, 0.05) is 13.1 Å². The first-order chi connectivity index (χ1) is 8.84. The second-order valence-corrected chi connectivity index (χ2v) is 6.16. The van der Waals surface area contributed by atoms with E-state index in [1.165, 1.54) is 64.5 Å². The monoisotopic (exact) mass is 254 g/mol. The van der Waals surface area contributed by atoms with Crippen LogP contribution in [-0.4, -0.2) is 48.8 Å². The van der Waals surface area contributed by atoms with Gasteiger partial charge in [-0.1, -0.05) is 25.7 Å². The van der Waals surface area contributed by atoms with Gasteiger partial charge in [0.05, 0.1) is 6.10 Å². The van der Waals surface area contributed by atoms with Crippen molar-refractivity contribution in [2.75, 3.05) is 32.7 Å². The molecule has 3 nitrogen and oxygen atoms in total. The molecule has 1 saturated heterocycles. The molecule has 1 atom stereocenters. The van der Waals surface area contributed by atoms with E-state index in [4.69, 9.17) is 0 Å². The topological polar surface area (TPSA) is 35.5 Å².